The molecule has 0 spiro atoms. The van der Waals surface area contributed by atoms with Crippen LogP contribution >= 0.6 is 23.8 Å². The molecule has 0 radical (unpaired) electrons. The first-order chi connectivity index (χ1) is 9.08. The van der Waals surface area contributed by atoms with Crippen molar-refractivity contribution in [3.63, 3.8) is 0 Å². The highest BCUT2D eigenvalue weighted by Gasteiger charge is 2.10. The van der Waals surface area contributed by atoms with Gasteiger partial charge in [0.15, 0.2) is 4.77 Å². The lowest BCUT2D eigenvalue weighted by molar-refractivity contribution is 1.04. The van der Waals surface area contributed by atoms with Gasteiger partial charge >= 0.3 is 0 Å². The molecular weight excluding hydrogens is 276 g/mol. The Bertz CT molecular complexity index is 830. The molecule has 1 heterocycles. The number of hydrogen-bond donors (Lipinski definition) is 1. The van der Waals surface area contributed by atoms with Crippen molar-refractivity contribution in [2.24, 2.45) is 0 Å². The van der Waals surface area contributed by atoms with Gasteiger partial charge in [-0.1, -0.05) is 23.7 Å². The van der Waals surface area contributed by atoms with E-state index < -0.39 is 0 Å². The van der Waals surface area contributed by atoms with E-state index in [1.165, 1.54) is 11.1 Å². The van der Waals surface area contributed by atoms with Crippen LogP contribution in [0.4, 0.5) is 0 Å². The molecule has 0 saturated heterocycles. The summed E-state index contributed by atoms with van der Waals surface area (Å²) in [7, 11) is 0. The van der Waals surface area contributed by atoms with E-state index in [9.17, 15) is 0 Å². The Balaban J connectivity index is 2.42. The SMILES string of the molecule is Cc1cccc(-n2c(=S)[nH]c3ccc(Cl)cc32)c1C. The quantitative estimate of drug-likeness (QED) is 0.628. The Morgan fingerprint density at radius 1 is 1.16 bits per heavy atom. The molecule has 3 rings (SSSR count). The fraction of sp³-hybridized carbons (Fsp3) is 0.133. The van der Waals surface area contributed by atoms with Crippen molar-refractivity contribution in [2.75, 3.05) is 0 Å². The highest BCUT2D eigenvalue weighted by Crippen LogP contribution is 2.25. The van der Waals surface area contributed by atoms with Crippen LogP contribution in [0.25, 0.3) is 16.7 Å². The van der Waals surface area contributed by atoms with Gasteiger partial charge in [0.1, 0.15) is 0 Å². The molecule has 0 aliphatic rings. The monoisotopic (exact) mass is 288 g/mol. The summed E-state index contributed by atoms with van der Waals surface area (Å²) in [6, 6.07) is 12.0. The average Bonchev–Trinajstić information content (AvgIpc) is 2.69. The van der Waals surface area contributed by atoms with Crippen LogP contribution in [0.2, 0.25) is 5.02 Å². The Morgan fingerprint density at radius 2 is 1.95 bits per heavy atom. The molecule has 0 bridgehead atoms. The first-order valence-electron chi connectivity index (χ1n) is 6.05. The molecule has 19 heavy (non-hydrogen) atoms. The summed E-state index contributed by atoms with van der Waals surface area (Å²) in [5, 5.41) is 0.709. The van der Waals surface area contributed by atoms with Gasteiger partial charge in [-0.2, -0.15) is 0 Å². The van der Waals surface area contributed by atoms with E-state index in [1.807, 2.05) is 28.8 Å². The zero-order chi connectivity index (χ0) is 13.6. The molecule has 0 aliphatic carbocycles. The Hall–Kier alpha value is -1.58. The van der Waals surface area contributed by atoms with Gasteiger partial charge in [0, 0.05) is 5.02 Å². The van der Waals surface area contributed by atoms with E-state index in [2.05, 4.69) is 31.0 Å². The second-order valence-electron chi connectivity index (χ2n) is 4.65. The van der Waals surface area contributed by atoms with Gasteiger partial charge in [-0.15, -0.1) is 0 Å². The van der Waals surface area contributed by atoms with Gasteiger partial charge in [0.05, 0.1) is 16.7 Å². The van der Waals surface area contributed by atoms with Gasteiger partial charge in [0.2, 0.25) is 0 Å². The summed E-state index contributed by atoms with van der Waals surface area (Å²) in [5.74, 6) is 0. The third kappa shape index (κ3) is 1.99. The predicted octanol–water partition coefficient (Wildman–Crippen LogP) is 4.96. The molecule has 0 atom stereocenters. The lowest BCUT2D eigenvalue weighted by Crippen LogP contribution is -1.98. The fourth-order valence-electron chi connectivity index (χ4n) is 2.29. The van der Waals surface area contributed by atoms with Crippen molar-refractivity contribution >= 4 is 34.9 Å². The largest absolute Gasteiger partial charge is 0.330 e. The molecule has 2 nitrogen and oxygen atoms in total. The first-order valence-corrected chi connectivity index (χ1v) is 6.83. The Labute approximate surface area is 121 Å². The van der Waals surface area contributed by atoms with Crippen molar-refractivity contribution in [3.8, 4) is 5.69 Å². The molecule has 96 valence electrons. The second kappa shape index (κ2) is 4.51. The minimum Gasteiger partial charge on any atom is -0.330 e. The zero-order valence-corrected chi connectivity index (χ0v) is 12.3. The minimum absolute atomic E-state index is 0.686. The number of rotatable bonds is 1. The molecule has 4 heteroatoms. The minimum atomic E-state index is 0.686. The van der Waals surface area contributed by atoms with Crippen molar-refractivity contribution in [1.29, 1.82) is 0 Å². The van der Waals surface area contributed by atoms with E-state index in [-0.39, 0.29) is 0 Å². The number of aromatic nitrogens is 2. The normalized spacial score (nSPS) is 11.1. The van der Waals surface area contributed by atoms with Crippen LogP contribution in [0, 0.1) is 18.6 Å². The smallest absolute Gasteiger partial charge is 0.182 e. The van der Waals surface area contributed by atoms with Crippen LogP contribution in [-0.4, -0.2) is 9.55 Å². The predicted molar refractivity (Wildman–Crippen MR) is 82.9 cm³/mol. The maximum atomic E-state index is 6.10. The summed E-state index contributed by atoms with van der Waals surface area (Å²) in [4.78, 5) is 3.22. The number of hydrogen-bond acceptors (Lipinski definition) is 1. The van der Waals surface area contributed by atoms with Gasteiger partial charge in [-0.05, 0) is 61.5 Å². The highest BCUT2D eigenvalue weighted by atomic mass is 35.5. The third-order valence-electron chi connectivity index (χ3n) is 3.46. The van der Waals surface area contributed by atoms with E-state index >= 15 is 0 Å². The topological polar surface area (TPSA) is 20.7 Å². The number of halogens is 1. The van der Waals surface area contributed by atoms with Crippen LogP contribution in [0.15, 0.2) is 36.4 Å². The van der Waals surface area contributed by atoms with Crippen molar-refractivity contribution in [1.82, 2.24) is 9.55 Å². The number of H-pyrrole nitrogens is 1. The van der Waals surface area contributed by atoms with Crippen LogP contribution in [-0.2, 0) is 0 Å². The lowest BCUT2D eigenvalue weighted by Gasteiger charge is -2.10. The van der Waals surface area contributed by atoms with Crippen LogP contribution in [0.1, 0.15) is 11.1 Å². The van der Waals surface area contributed by atoms with Gasteiger partial charge in [0.25, 0.3) is 0 Å². The molecular formula is C15H13ClN2S. The molecule has 0 fully saturated rings. The standard InChI is InChI=1S/C15H13ClN2S/c1-9-4-3-5-13(10(9)2)18-14-8-11(16)6-7-12(14)17-15(18)19/h3-8H,1-2H3,(H,17,19). The summed E-state index contributed by atoms with van der Waals surface area (Å²) in [6.45, 7) is 4.21. The molecule has 2 aromatic carbocycles. The van der Waals surface area contributed by atoms with E-state index in [1.54, 1.807) is 0 Å². The van der Waals surface area contributed by atoms with Crippen molar-refractivity contribution in [3.05, 3.63) is 57.3 Å². The molecule has 0 aliphatic heterocycles. The number of aromatic amines is 1. The molecule has 0 unspecified atom stereocenters. The van der Waals surface area contributed by atoms with Gasteiger partial charge in [-0.3, -0.25) is 4.57 Å². The third-order valence-corrected chi connectivity index (χ3v) is 3.98. The van der Waals surface area contributed by atoms with E-state index in [0.717, 1.165) is 16.7 Å². The Kier molecular flexibility index (Phi) is 2.96. The average molecular weight is 289 g/mol. The Morgan fingerprint density at radius 3 is 2.74 bits per heavy atom. The number of nitrogens with one attached hydrogen (secondary N) is 1. The summed E-state index contributed by atoms with van der Waals surface area (Å²) >= 11 is 11.5. The second-order valence-corrected chi connectivity index (χ2v) is 5.47. The number of fused-ring (bicyclic) bond motifs is 1. The maximum Gasteiger partial charge on any atom is 0.182 e. The fourth-order valence-corrected chi connectivity index (χ4v) is 2.77. The molecule has 0 saturated carbocycles. The van der Waals surface area contributed by atoms with Gasteiger partial charge in [-0.25, -0.2) is 0 Å². The van der Waals surface area contributed by atoms with Crippen LogP contribution in [0.5, 0.6) is 0 Å². The molecule has 1 aromatic heterocycles. The number of benzene rings is 2. The summed E-state index contributed by atoms with van der Waals surface area (Å²) < 4.78 is 2.73. The van der Waals surface area contributed by atoms with E-state index in [0.29, 0.717) is 9.79 Å². The van der Waals surface area contributed by atoms with Crippen molar-refractivity contribution in [2.45, 2.75) is 13.8 Å². The number of imidazole rings is 1. The van der Waals surface area contributed by atoms with Crippen LogP contribution in [0.3, 0.4) is 0 Å². The number of nitrogens with zero attached hydrogens (tertiary/aromatic N) is 1. The lowest BCUT2D eigenvalue weighted by atomic mass is 10.1. The highest BCUT2D eigenvalue weighted by molar-refractivity contribution is 7.71. The van der Waals surface area contributed by atoms with Crippen molar-refractivity contribution < 1.29 is 0 Å². The summed E-state index contributed by atoms with van der Waals surface area (Å²) in [5.41, 5.74) is 5.57. The molecule has 3 aromatic rings. The van der Waals surface area contributed by atoms with Crippen LogP contribution < -0.4 is 0 Å². The molecule has 0 amide bonds. The maximum absolute atomic E-state index is 6.10. The van der Waals surface area contributed by atoms with Gasteiger partial charge < -0.3 is 4.98 Å². The first kappa shape index (κ1) is 12.5. The zero-order valence-electron chi connectivity index (χ0n) is 10.7. The number of aryl methyl sites for hydroxylation is 1. The summed E-state index contributed by atoms with van der Waals surface area (Å²) in [6.07, 6.45) is 0. The van der Waals surface area contributed by atoms with E-state index in [4.69, 9.17) is 23.8 Å². The molecule has 1 N–H and O–H groups in total.